The molecule has 1 aromatic rings. The number of aryl methyl sites for hydroxylation is 1. The van der Waals surface area contributed by atoms with Crippen LogP contribution in [0.2, 0.25) is 0 Å². The van der Waals surface area contributed by atoms with E-state index in [0.29, 0.717) is 25.6 Å². The van der Waals surface area contributed by atoms with Crippen LogP contribution in [0, 0.1) is 0 Å². The Morgan fingerprint density at radius 1 is 1.40 bits per heavy atom. The number of aliphatic imine (C=N–C) groups is 1. The van der Waals surface area contributed by atoms with Crippen LogP contribution in [0.5, 0.6) is 0 Å². The van der Waals surface area contributed by atoms with Gasteiger partial charge in [0.05, 0.1) is 25.4 Å². The predicted octanol–water partition coefficient (Wildman–Crippen LogP) is 0.844. The van der Waals surface area contributed by atoms with Crippen LogP contribution < -0.4 is 10.6 Å². The highest BCUT2D eigenvalue weighted by Gasteiger charge is 2.25. The van der Waals surface area contributed by atoms with Crippen LogP contribution in [0.1, 0.15) is 30.7 Å². The first-order valence-corrected chi connectivity index (χ1v) is 9.82. The molecule has 2 heterocycles. The van der Waals surface area contributed by atoms with Gasteiger partial charge in [0.25, 0.3) is 0 Å². The lowest BCUT2D eigenvalue weighted by Crippen LogP contribution is -2.52. The number of nitrogens with one attached hydrogen (secondary N) is 2. The minimum Gasteiger partial charge on any atom is -0.387 e. The van der Waals surface area contributed by atoms with Gasteiger partial charge in [-0.25, -0.2) is 9.98 Å². The molecule has 0 spiro atoms. The molecule has 1 aromatic heterocycles. The Balaban J connectivity index is 1.85. The van der Waals surface area contributed by atoms with Crippen molar-refractivity contribution in [2.75, 3.05) is 45.9 Å². The van der Waals surface area contributed by atoms with E-state index in [4.69, 9.17) is 4.74 Å². The topological polar surface area (TPSA) is 82.0 Å². The van der Waals surface area contributed by atoms with Gasteiger partial charge in [-0.2, -0.15) is 0 Å². The minimum absolute atomic E-state index is 0.439. The molecule has 0 aromatic carbocycles. The van der Waals surface area contributed by atoms with Crippen molar-refractivity contribution >= 4 is 17.3 Å². The summed E-state index contributed by atoms with van der Waals surface area (Å²) in [5.41, 5.74) is -0.829. The van der Waals surface area contributed by atoms with Crippen molar-refractivity contribution in [1.29, 1.82) is 0 Å². The highest BCUT2D eigenvalue weighted by Crippen LogP contribution is 2.14. The van der Waals surface area contributed by atoms with Crippen molar-refractivity contribution in [3.63, 3.8) is 0 Å². The second-order valence-electron chi connectivity index (χ2n) is 6.51. The molecule has 0 bridgehead atoms. The zero-order chi connectivity index (χ0) is 18.1. The number of guanidine groups is 1. The van der Waals surface area contributed by atoms with Crippen molar-refractivity contribution in [1.82, 2.24) is 20.5 Å². The molecule has 25 heavy (non-hydrogen) atoms. The standard InChI is InChI=1S/C17H31N5O2S/c1-4-14-10-19-15(25-14)11-20-16(18-5-2)21-12-17(3,23)13-22-6-8-24-9-7-22/h10,23H,4-9,11-13H2,1-3H3,(H2,18,20,21). The van der Waals surface area contributed by atoms with E-state index in [2.05, 4.69) is 32.4 Å². The Hall–Kier alpha value is -1.22. The number of aromatic nitrogens is 1. The smallest absolute Gasteiger partial charge is 0.191 e. The molecule has 0 radical (unpaired) electrons. The van der Waals surface area contributed by atoms with Crippen molar-refractivity contribution < 1.29 is 9.84 Å². The lowest BCUT2D eigenvalue weighted by molar-refractivity contribution is -0.0201. The Bertz CT molecular complexity index is 541. The van der Waals surface area contributed by atoms with E-state index < -0.39 is 5.60 Å². The zero-order valence-electron chi connectivity index (χ0n) is 15.5. The maximum atomic E-state index is 10.7. The first-order chi connectivity index (χ1) is 12.0. The summed E-state index contributed by atoms with van der Waals surface area (Å²) < 4.78 is 5.36. The SMILES string of the molecule is CCNC(=NCc1ncc(CC)s1)NCC(C)(O)CN1CCOCC1. The van der Waals surface area contributed by atoms with Gasteiger partial charge >= 0.3 is 0 Å². The fraction of sp³-hybridized carbons (Fsp3) is 0.765. The normalized spacial score (nSPS) is 18.8. The van der Waals surface area contributed by atoms with Gasteiger partial charge in [-0.15, -0.1) is 11.3 Å². The summed E-state index contributed by atoms with van der Waals surface area (Å²) in [7, 11) is 0. The number of rotatable bonds is 8. The van der Waals surface area contributed by atoms with Gasteiger partial charge in [-0.1, -0.05) is 6.92 Å². The van der Waals surface area contributed by atoms with Gasteiger partial charge in [-0.05, 0) is 20.3 Å². The fourth-order valence-corrected chi connectivity index (χ4v) is 3.43. The van der Waals surface area contributed by atoms with Crippen molar-refractivity contribution in [2.24, 2.45) is 4.99 Å². The van der Waals surface area contributed by atoms with Crippen LogP contribution in [-0.2, 0) is 17.7 Å². The number of nitrogens with zero attached hydrogens (tertiary/aromatic N) is 3. The molecule has 0 amide bonds. The van der Waals surface area contributed by atoms with Crippen molar-refractivity contribution in [3.05, 3.63) is 16.1 Å². The average molecular weight is 370 g/mol. The highest BCUT2D eigenvalue weighted by atomic mass is 32.1. The van der Waals surface area contributed by atoms with Crippen molar-refractivity contribution in [3.8, 4) is 0 Å². The monoisotopic (exact) mass is 369 g/mol. The Morgan fingerprint density at radius 3 is 2.80 bits per heavy atom. The maximum absolute atomic E-state index is 10.7. The van der Waals surface area contributed by atoms with E-state index in [-0.39, 0.29) is 0 Å². The lowest BCUT2D eigenvalue weighted by Gasteiger charge is -2.34. The summed E-state index contributed by atoms with van der Waals surface area (Å²) in [6.45, 7) is 11.6. The molecular weight excluding hydrogens is 338 g/mol. The summed E-state index contributed by atoms with van der Waals surface area (Å²) in [4.78, 5) is 12.5. The third-order valence-electron chi connectivity index (χ3n) is 3.97. The van der Waals surface area contributed by atoms with Gasteiger partial charge in [0.15, 0.2) is 5.96 Å². The Labute approximate surface area is 154 Å². The molecule has 1 unspecified atom stereocenters. The number of β-amino-alcohol motifs (C(OH)–C–C–N with tert-alkyl or cyclic N) is 1. The molecule has 1 fully saturated rings. The van der Waals surface area contributed by atoms with Gasteiger partial charge in [-0.3, -0.25) is 4.90 Å². The molecule has 1 atom stereocenters. The van der Waals surface area contributed by atoms with Gasteiger partial charge in [0.2, 0.25) is 0 Å². The molecular formula is C17H31N5O2S. The largest absolute Gasteiger partial charge is 0.387 e. The molecule has 7 nitrogen and oxygen atoms in total. The van der Waals surface area contributed by atoms with E-state index in [1.807, 2.05) is 20.0 Å². The van der Waals surface area contributed by atoms with Crippen molar-refractivity contribution in [2.45, 2.75) is 39.3 Å². The summed E-state index contributed by atoms with van der Waals surface area (Å²) in [5, 5.41) is 18.1. The van der Waals surface area contributed by atoms with Crippen LogP contribution >= 0.6 is 11.3 Å². The zero-order valence-corrected chi connectivity index (χ0v) is 16.4. The third kappa shape index (κ3) is 7.27. The molecule has 142 valence electrons. The maximum Gasteiger partial charge on any atom is 0.191 e. The number of morpholine rings is 1. The van der Waals surface area contributed by atoms with E-state index in [1.54, 1.807) is 11.3 Å². The average Bonchev–Trinajstić information content (AvgIpc) is 3.06. The van der Waals surface area contributed by atoms with Gasteiger partial charge in [0, 0.05) is 43.8 Å². The Morgan fingerprint density at radius 2 is 2.16 bits per heavy atom. The number of aliphatic hydroxyl groups is 1. The summed E-state index contributed by atoms with van der Waals surface area (Å²) >= 11 is 1.70. The van der Waals surface area contributed by atoms with E-state index >= 15 is 0 Å². The molecule has 0 aliphatic carbocycles. The molecule has 1 aliphatic rings. The van der Waals surface area contributed by atoms with Crippen LogP contribution in [0.3, 0.4) is 0 Å². The number of hydrogen-bond acceptors (Lipinski definition) is 6. The third-order valence-corrected chi connectivity index (χ3v) is 5.10. The summed E-state index contributed by atoms with van der Waals surface area (Å²) in [6.07, 6.45) is 2.92. The molecule has 0 saturated carbocycles. The van der Waals surface area contributed by atoms with E-state index in [1.165, 1.54) is 4.88 Å². The number of ether oxygens (including phenoxy) is 1. The first-order valence-electron chi connectivity index (χ1n) is 9.00. The molecule has 1 saturated heterocycles. The molecule has 3 N–H and O–H groups in total. The molecule has 8 heteroatoms. The molecule has 1 aliphatic heterocycles. The number of hydrogen-bond donors (Lipinski definition) is 3. The fourth-order valence-electron chi connectivity index (χ4n) is 2.64. The van der Waals surface area contributed by atoms with Gasteiger partial charge in [0.1, 0.15) is 5.01 Å². The molecule has 2 rings (SSSR count). The van der Waals surface area contributed by atoms with E-state index in [9.17, 15) is 5.11 Å². The second kappa shape index (κ2) is 10.1. The van der Waals surface area contributed by atoms with Crippen LogP contribution in [0.25, 0.3) is 0 Å². The predicted molar refractivity (Wildman–Crippen MR) is 102 cm³/mol. The van der Waals surface area contributed by atoms with Crippen LogP contribution in [-0.4, -0.2) is 72.5 Å². The minimum atomic E-state index is -0.829. The quantitative estimate of drug-likeness (QED) is 0.465. The number of thiazole rings is 1. The lowest BCUT2D eigenvalue weighted by atomic mass is 10.1. The second-order valence-corrected chi connectivity index (χ2v) is 7.71. The van der Waals surface area contributed by atoms with Crippen LogP contribution in [0.15, 0.2) is 11.2 Å². The van der Waals surface area contributed by atoms with Gasteiger partial charge < -0.3 is 20.5 Å². The Kier molecular flexibility index (Phi) is 8.08. The summed E-state index contributed by atoms with van der Waals surface area (Å²) in [6, 6.07) is 0. The van der Waals surface area contributed by atoms with Crippen LogP contribution in [0.4, 0.5) is 0 Å². The summed E-state index contributed by atoms with van der Waals surface area (Å²) in [5.74, 6) is 0.706. The van der Waals surface area contributed by atoms with E-state index in [0.717, 1.165) is 44.3 Å². The first kappa shape index (κ1) is 20.1. The highest BCUT2D eigenvalue weighted by molar-refractivity contribution is 7.11.